The van der Waals surface area contributed by atoms with Crippen molar-refractivity contribution in [3.8, 4) is 0 Å². The van der Waals surface area contributed by atoms with Crippen molar-refractivity contribution < 1.29 is 0 Å². The van der Waals surface area contributed by atoms with E-state index in [1.165, 1.54) is 5.56 Å². The summed E-state index contributed by atoms with van der Waals surface area (Å²) >= 11 is 0. The van der Waals surface area contributed by atoms with E-state index < -0.39 is 0 Å². The number of hydrogen-bond acceptors (Lipinski definition) is 2. The Bertz CT molecular complexity index is 243. The lowest BCUT2D eigenvalue weighted by atomic mass is 10.2. The Morgan fingerprint density at radius 2 is 2.25 bits per heavy atom. The first-order valence-corrected chi connectivity index (χ1v) is 4.33. The second-order valence-electron chi connectivity index (χ2n) is 3.36. The molecule has 66 valence electrons. The molecule has 1 N–H and O–H groups in total. The van der Waals surface area contributed by atoms with Crippen LogP contribution in [0.3, 0.4) is 0 Å². The van der Waals surface area contributed by atoms with Gasteiger partial charge in [0.2, 0.25) is 0 Å². The fourth-order valence-electron chi connectivity index (χ4n) is 1.00. The molecule has 0 atom stereocenters. The predicted octanol–water partition coefficient (Wildman–Crippen LogP) is 1.89. The summed E-state index contributed by atoms with van der Waals surface area (Å²) in [5.41, 5.74) is 2.38. The molecule has 1 aromatic rings. The molecule has 0 amide bonds. The van der Waals surface area contributed by atoms with E-state index >= 15 is 0 Å². The highest BCUT2D eigenvalue weighted by atomic mass is 14.9. The summed E-state index contributed by atoms with van der Waals surface area (Å²) in [4.78, 5) is 4.25. The summed E-state index contributed by atoms with van der Waals surface area (Å²) in [5.74, 6) is 0. The number of hydrogen-bond donors (Lipinski definition) is 1. The third-order valence-electron chi connectivity index (χ3n) is 1.66. The van der Waals surface area contributed by atoms with Gasteiger partial charge >= 0.3 is 0 Å². The molecular weight excluding hydrogens is 148 g/mol. The van der Waals surface area contributed by atoms with Crippen LogP contribution in [-0.4, -0.2) is 11.0 Å². The van der Waals surface area contributed by atoms with E-state index in [9.17, 15) is 0 Å². The van der Waals surface area contributed by atoms with Crippen LogP contribution in [0.1, 0.15) is 25.1 Å². The zero-order chi connectivity index (χ0) is 8.97. The van der Waals surface area contributed by atoms with Crippen LogP contribution in [0.5, 0.6) is 0 Å². The van der Waals surface area contributed by atoms with Crippen LogP contribution < -0.4 is 5.32 Å². The number of pyridine rings is 1. The highest BCUT2D eigenvalue weighted by molar-refractivity contribution is 5.14. The summed E-state index contributed by atoms with van der Waals surface area (Å²) < 4.78 is 0. The summed E-state index contributed by atoms with van der Waals surface area (Å²) in [5, 5.41) is 3.33. The lowest BCUT2D eigenvalue weighted by Gasteiger charge is -2.07. The fourth-order valence-corrected chi connectivity index (χ4v) is 1.00. The van der Waals surface area contributed by atoms with Crippen molar-refractivity contribution in [1.29, 1.82) is 0 Å². The van der Waals surface area contributed by atoms with Crippen molar-refractivity contribution in [3.63, 3.8) is 0 Å². The molecule has 2 nitrogen and oxygen atoms in total. The summed E-state index contributed by atoms with van der Waals surface area (Å²) in [7, 11) is 0. The maximum absolute atomic E-state index is 4.25. The Kier molecular flexibility index (Phi) is 3.23. The lowest BCUT2D eigenvalue weighted by Crippen LogP contribution is -2.22. The van der Waals surface area contributed by atoms with Gasteiger partial charge in [0.15, 0.2) is 0 Å². The van der Waals surface area contributed by atoms with Gasteiger partial charge in [0.05, 0.1) is 5.69 Å². The van der Waals surface area contributed by atoms with Gasteiger partial charge in [-0.1, -0.05) is 13.8 Å². The molecule has 0 aromatic carbocycles. The molecule has 1 rings (SSSR count). The molecule has 0 saturated carbocycles. The summed E-state index contributed by atoms with van der Waals surface area (Å²) in [6.45, 7) is 7.21. The number of rotatable bonds is 3. The van der Waals surface area contributed by atoms with Crippen molar-refractivity contribution in [1.82, 2.24) is 10.3 Å². The Morgan fingerprint density at radius 1 is 1.50 bits per heavy atom. The van der Waals surface area contributed by atoms with Gasteiger partial charge in [-0.15, -0.1) is 0 Å². The molecule has 1 heterocycles. The van der Waals surface area contributed by atoms with E-state index in [1.807, 2.05) is 12.3 Å². The molecule has 0 fully saturated rings. The van der Waals surface area contributed by atoms with Crippen molar-refractivity contribution in [2.75, 3.05) is 0 Å². The third-order valence-corrected chi connectivity index (χ3v) is 1.66. The average Bonchev–Trinajstić information content (AvgIpc) is 2.01. The molecule has 0 saturated heterocycles. The Hall–Kier alpha value is -0.890. The zero-order valence-electron chi connectivity index (χ0n) is 7.96. The van der Waals surface area contributed by atoms with Crippen LogP contribution in [-0.2, 0) is 6.54 Å². The number of nitrogens with zero attached hydrogens (tertiary/aromatic N) is 1. The van der Waals surface area contributed by atoms with Crippen LogP contribution in [0.2, 0.25) is 0 Å². The van der Waals surface area contributed by atoms with E-state index in [2.05, 4.69) is 37.1 Å². The Balaban J connectivity index is 2.52. The molecule has 0 aliphatic heterocycles. The standard InChI is InChI=1S/C10H16N2/c1-8(2)12-7-10-6-9(3)4-5-11-10/h4-6,8,12H,7H2,1-3H3. The highest BCUT2D eigenvalue weighted by Crippen LogP contribution is 1.99. The maximum Gasteiger partial charge on any atom is 0.0544 e. The van der Waals surface area contributed by atoms with Crippen LogP contribution in [0, 0.1) is 6.92 Å². The molecule has 0 bridgehead atoms. The van der Waals surface area contributed by atoms with Crippen LogP contribution >= 0.6 is 0 Å². The topological polar surface area (TPSA) is 24.9 Å². The minimum atomic E-state index is 0.521. The molecule has 0 aliphatic rings. The minimum absolute atomic E-state index is 0.521. The first kappa shape index (κ1) is 9.20. The Morgan fingerprint density at radius 3 is 2.83 bits per heavy atom. The minimum Gasteiger partial charge on any atom is -0.309 e. The SMILES string of the molecule is Cc1ccnc(CNC(C)C)c1. The molecular formula is C10H16N2. The number of aryl methyl sites for hydroxylation is 1. The number of nitrogens with one attached hydrogen (secondary N) is 1. The van der Waals surface area contributed by atoms with E-state index in [4.69, 9.17) is 0 Å². The molecule has 0 radical (unpaired) electrons. The van der Waals surface area contributed by atoms with Crippen molar-refractivity contribution >= 4 is 0 Å². The largest absolute Gasteiger partial charge is 0.309 e. The summed E-state index contributed by atoms with van der Waals surface area (Å²) in [6.07, 6.45) is 1.85. The molecule has 1 aromatic heterocycles. The zero-order valence-corrected chi connectivity index (χ0v) is 7.96. The van der Waals surface area contributed by atoms with Gasteiger partial charge in [-0.25, -0.2) is 0 Å². The van der Waals surface area contributed by atoms with Gasteiger partial charge in [0, 0.05) is 18.8 Å². The second-order valence-corrected chi connectivity index (χ2v) is 3.36. The van der Waals surface area contributed by atoms with Gasteiger partial charge in [-0.05, 0) is 24.6 Å². The molecule has 12 heavy (non-hydrogen) atoms. The van der Waals surface area contributed by atoms with Crippen LogP contribution in [0.15, 0.2) is 18.3 Å². The Labute approximate surface area is 74.0 Å². The number of aromatic nitrogens is 1. The normalized spacial score (nSPS) is 10.7. The summed E-state index contributed by atoms with van der Waals surface area (Å²) in [6, 6.07) is 4.64. The smallest absolute Gasteiger partial charge is 0.0544 e. The van der Waals surface area contributed by atoms with E-state index in [0.29, 0.717) is 6.04 Å². The van der Waals surface area contributed by atoms with Gasteiger partial charge in [0.25, 0.3) is 0 Å². The first-order chi connectivity index (χ1) is 5.68. The van der Waals surface area contributed by atoms with Gasteiger partial charge in [-0.3, -0.25) is 4.98 Å². The van der Waals surface area contributed by atoms with Crippen molar-refractivity contribution in [3.05, 3.63) is 29.6 Å². The second kappa shape index (κ2) is 4.21. The average molecular weight is 164 g/mol. The molecule has 0 unspecified atom stereocenters. The quantitative estimate of drug-likeness (QED) is 0.738. The molecule has 0 aliphatic carbocycles. The van der Waals surface area contributed by atoms with Gasteiger partial charge in [0.1, 0.15) is 0 Å². The molecule has 2 heteroatoms. The fraction of sp³-hybridized carbons (Fsp3) is 0.500. The van der Waals surface area contributed by atoms with E-state index in [0.717, 1.165) is 12.2 Å². The lowest BCUT2D eigenvalue weighted by molar-refractivity contribution is 0.581. The predicted molar refractivity (Wildman–Crippen MR) is 50.9 cm³/mol. The molecule has 0 spiro atoms. The van der Waals surface area contributed by atoms with E-state index in [1.54, 1.807) is 0 Å². The first-order valence-electron chi connectivity index (χ1n) is 4.33. The van der Waals surface area contributed by atoms with Crippen molar-refractivity contribution in [2.45, 2.75) is 33.4 Å². The third kappa shape index (κ3) is 3.01. The monoisotopic (exact) mass is 164 g/mol. The van der Waals surface area contributed by atoms with Crippen LogP contribution in [0.25, 0.3) is 0 Å². The van der Waals surface area contributed by atoms with Gasteiger partial charge in [-0.2, -0.15) is 0 Å². The van der Waals surface area contributed by atoms with E-state index in [-0.39, 0.29) is 0 Å². The van der Waals surface area contributed by atoms with Crippen LogP contribution in [0.4, 0.5) is 0 Å². The van der Waals surface area contributed by atoms with Gasteiger partial charge < -0.3 is 5.32 Å². The highest BCUT2D eigenvalue weighted by Gasteiger charge is 1.95. The van der Waals surface area contributed by atoms with Crippen molar-refractivity contribution in [2.24, 2.45) is 0 Å². The maximum atomic E-state index is 4.25.